The highest BCUT2D eigenvalue weighted by atomic mass is 127. The van der Waals surface area contributed by atoms with Crippen LogP contribution in [0.25, 0.3) is 0 Å². The van der Waals surface area contributed by atoms with Crippen LogP contribution in [-0.4, -0.2) is 57.4 Å². The summed E-state index contributed by atoms with van der Waals surface area (Å²) in [5, 5.41) is 9.92. The van der Waals surface area contributed by atoms with Gasteiger partial charge in [0, 0.05) is 38.4 Å². The molecule has 2 fully saturated rings. The number of aliphatic imine (C=N–C) groups is 1. The van der Waals surface area contributed by atoms with Gasteiger partial charge in [-0.1, -0.05) is 18.2 Å². The number of carbonyl (C=O) groups is 1. The number of halogens is 1. The molecule has 1 amide bonds. The predicted molar refractivity (Wildman–Crippen MR) is 128 cm³/mol. The highest BCUT2D eigenvalue weighted by Crippen LogP contribution is 2.32. The van der Waals surface area contributed by atoms with Gasteiger partial charge in [-0.25, -0.2) is 4.79 Å². The normalized spacial score (nSPS) is 20.3. The summed E-state index contributed by atoms with van der Waals surface area (Å²) in [6.07, 6.45) is 4.24. The molecule has 2 unspecified atom stereocenters. The maximum atomic E-state index is 11.8. The monoisotopic (exact) mass is 515 g/mol. The van der Waals surface area contributed by atoms with Gasteiger partial charge in [-0.05, 0) is 50.7 Å². The minimum atomic E-state index is -0.338. The molecule has 1 aromatic carbocycles. The number of benzene rings is 1. The van der Waals surface area contributed by atoms with Crippen LogP contribution in [0.2, 0.25) is 0 Å². The lowest BCUT2D eigenvalue weighted by atomic mass is 10.0. The number of hydrogen-bond acceptors (Lipinski definition) is 4. The molecule has 29 heavy (non-hydrogen) atoms. The van der Waals surface area contributed by atoms with Gasteiger partial charge in [0.05, 0.1) is 12.6 Å². The summed E-state index contributed by atoms with van der Waals surface area (Å²) in [5.74, 6) is 1.31. The molecule has 1 aliphatic carbocycles. The minimum Gasteiger partial charge on any atom is -0.450 e. The Balaban J connectivity index is 0.00000300. The van der Waals surface area contributed by atoms with Crippen molar-refractivity contribution in [1.29, 1.82) is 0 Å². The van der Waals surface area contributed by atoms with Gasteiger partial charge in [0.1, 0.15) is 0 Å². The number of carbonyl (C=O) groups excluding carboxylic acids is 1. The average Bonchev–Trinajstić information content (AvgIpc) is 3.56. The van der Waals surface area contributed by atoms with Crippen molar-refractivity contribution in [3.8, 4) is 0 Å². The second kappa shape index (κ2) is 12.1. The van der Waals surface area contributed by atoms with Gasteiger partial charge in [0.2, 0.25) is 0 Å². The number of guanidine groups is 1. The van der Waals surface area contributed by atoms with E-state index in [1.807, 2.05) is 6.92 Å². The standard InChI is InChI=1S/C21H33N5O2.HI/c1-3-28-21(27)25-19(16-11-12-16)14-23-20(22-2)24-17-8-7-13-26(15-17)18-9-5-4-6-10-18;/h4-6,9-10,16-17,19H,3,7-8,11-15H2,1-2H3,(H,25,27)(H2,22,23,24);1H. The molecule has 2 atom stereocenters. The second-order valence-electron chi connectivity index (χ2n) is 7.53. The first-order valence-electron chi connectivity index (χ1n) is 10.4. The predicted octanol–water partition coefficient (Wildman–Crippen LogP) is 2.96. The van der Waals surface area contributed by atoms with Crippen molar-refractivity contribution in [1.82, 2.24) is 16.0 Å². The van der Waals surface area contributed by atoms with Crippen LogP contribution in [0.15, 0.2) is 35.3 Å². The van der Waals surface area contributed by atoms with Crippen LogP contribution >= 0.6 is 24.0 Å². The lowest BCUT2D eigenvalue weighted by Crippen LogP contribution is -2.53. The van der Waals surface area contributed by atoms with E-state index in [-0.39, 0.29) is 36.1 Å². The third-order valence-electron chi connectivity index (χ3n) is 5.37. The first kappa shape index (κ1) is 23.6. The molecule has 7 nitrogen and oxygen atoms in total. The van der Waals surface area contributed by atoms with E-state index in [0.717, 1.165) is 44.7 Å². The van der Waals surface area contributed by atoms with Crippen LogP contribution in [0.1, 0.15) is 32.6 Å². The number of alkyl carbamates (subject to hydrolysis) is 1. The number of rotatable bonds is 7. The summed E-state index contributed by atoms with van der Waals surface area (Å²) in [5.41, 5.74) is 1.27. The van der Waals surface area contributed by atoms with Gasteiger partial charge in [0.25, 0.3) is 0 Å². The summed E-state index contributed by atoms with van der Waals surface area (Å²) in [4.78, 5) is 18.6. The fourth-order valence-electron chi connectivity index (χ4n) is 3.72. The van der Waals surface area contributed by atoms with E-state index in [9.17, 15) is 4.79 Å². The second-order valence-corrected chi connectivity index (χ2v) is 7.53. The Hall–Kier alpha value is -1.71. The van der Waals surface area contributed by atoms with E-state index in [0.29, 0.717) is 25.1 Å². The summed E-state index contributed by atoms with van der Waals surface area (Å²) >= 11 is 0. The lowest BCUT2D eigenvalue weighted by Gasteiger charge is -2.35. The molecule has 0 radical (unpaired) electrons. The number of nitrogens with one attached hydrogen (secondary N) is 3. The number of nitrogens with zero attached hydrogens (tertiary/aromatic N) is 2. The van der Waals surface area contributed by atoms with E-state index in [4.69, 9.17) is 4.74 Å². The number of amides is 1. The maximum Gasteiger partial charge on any atom is 0.407 e. The van der Waals surface area contributed by atoms with Gasteiger partial charge >= 0.3 is 6.09 Å². The van der Waals surface area contributed by atoms with Gasteiger partial charge in [0.15, 0.2) is 5.96 Å². The zero-order valence-corrected chi connectivity index (χ0v) is 19.7. The van der Waals surface area contributed by atoms with Crippen LogP contribution < -0.4 is 20.9 Å². The smallest absolute Gasteiger partial charge is 0.407 e. The van der Waals surface area contributed by atoms with E-state index >= 15 is 0 Å². The van der Waals surface area contributed by atoms with Crippen molar-refractivity contribution >= 4 is 41.7 Å². The highest BCUT2D eigenvalue weighted by molar-refractivity contribution is 14.0. The molecule has 3 rings (SSSR count). The number of anilines is 1. The Morgan fingerprint density at radius 2 is 2.03 bits per heavy atom. The van der Waals surface area contributed by atoms with Crippen molar-refractivity contribution in [2.75, 3.05) is 38.2 Å². The van der Waals surface area contributed by atoms with Crippen LogP contribution in [0.5, 0.6) is 0 Å². The first-order valence-corrected chi connectivity index (χ1v) is 10.4. The van der Waals surface area contributed by atoms with Crippen molar-refractivity contribution in [2.45, 2.75) is 44.7 Å². The third kappa shape index (κ3) is 7.56. The Morgan fingerprint density at radius 3 is 2.69 bits per heavy atom. The van der Waals surface area contributed by atoms with Gasteiger partial charge in [-0.15, -0.1) is 24.0 Å². The molecule has 0 aromatic heterocycles. The molecule has 1 aromatic rings. The molecule has 1 saturated heterocycles. The van der Waals surface area contributed by atoms with Crippen molar-refractivity contribution in [3.05, 3.63) is 30.3 Å². The van der Waals surface area contributed by atoms with Crippen LogP contribution in [-0.2, 0) is 4.74 Å². The average molecular weight is 515 g/mol. The molecule has 1 heterocycles. The Bertz CT molecular complexity index is 654. The van der Waals surface area contributed by atoms with Crippen LogP contribution in [0, 0.1) is 5.92 Å². The molecule has 2 aliphatic rings. The van der Waals surface area contributed by atoms with E-state index in [2.05, 4.69) is 56.2 Å². The fraction of sp³-hybridized carbons (Fsp3) is 0.619. The molecular weight excluding hydrogens is 481 g/mol. The number of hydrogen-bond donors (Lipinski definition) is 3. The van der Waals surface area contributed by atoms with E-state index in [1.54, 1.807) is 7.05 Å². The zero-order valence-electron chi connectivity index (χ0n) is 17.4. The maximum absolute atomic E-state index is 11.8. The number of piperidine rings is 1. The fourth-order valence-corrected chi connectivity index (χ4v) is 3.72. The van der Waals surface area contributed by atoms with E-state index in [1.165, 1.54) is 5.69 Å². The van der Waals surface area contributed by atoms with Crippen LogP contribution in [0.4, 0.5) is 10.5 Å². The summed E-state index contributed by atoms with van der Waals surface area (Å²) in [6.45, 7) is 4.90. The molecule has 0 bridgehead atoms. The molecule has 0 spiro atoms. The van der Waals surface area contributed by atoms with Crippen LogP contribution in [0.3, 0.4) is 0 Å². The molecule has 1 saturated carbocycles. The van der Waals surface area contributed by atoms with Crippen molar-refractivity contribution in [2.24, 2.45) is 10.9 Å². The SMILES string of the molecule is CCOC(=O)NC(CNC(=NC)NC1CCCN(c2ccccc2)C1)C1CC1.I. The molecular formula is C21H34IN5O2. The third-order valence-corrected chi connectivity index (χ3v) is 5.37. The Kier molecular flexibility index (Phi) is 9.83. The van der Waals surface area contributed by atoms with Gasteiger partial charge in [-0.2, -0.15) is 0 Å². The summed E-state index contributed by atoms with van der Waals surface area (Å²) in [7, 11) is 1.79. The first-order chi connectivity index (χ1) is 13.7. The Labute approximate surface area is 191 Å². The van der Waals surface area contributed by atoms with Gasteiger partial charge in [-0.3, -0.25) is 4.99 Å². The van der Waals surface area contributed by atoms with Gasteiger partial charge < -0.3 is 25.6 Å². The molecule has 162 valence electrons. The molecule has 1 aliphatic heterocycles. The quantitative estimate of drug-likeness (QED) is 0.296. The Morgan fingerprint density at radius 1 is 1.28 bits per heavy atom. The minimum absolute atomic E-state index is 0. The summed E-state index contributed by atoms with van der Waals surface area (Å²) in [6, 6.07) is 11.0. The molecule has 8 heteroatoms. The van der Waals surface area contributed by atoms with Crippen molar-refractivity contribution in [3.63, 3.8) is 0 Å². The highest BCUT2D eigenvalue weighted by Gasteiger charge is 2.33. The van der Waals surface area contributed by atoms with E-state index < -0.39 is 0 Å². The van der Waals surface area contributed by atoms with Crippen molar-refractivity contribution < 1.29 is 9.53 Å². The topological polar surface area (TPSA) is 78.0 Å². The number of ether oxygens (including phenoxy) is 1. The molecule has 3 N–H and O–H groups in total. The lowest BCUT2D eigenvalue weighted by molar-refractivity contribution is 0.146. The zero-order chi connectivity index (χ0) is 19.8. The number of para-hydroxylation sites is 1. The summed E-state index contributed by atoms with van der Waals surface area (Å²) < 4.78 is 5.03. The largest absolute Gasteiger partial charge is 0.450 e.